The molecule has 9 nitrogen and oxygen atoms in total. The molecule has 0 atom stereocenters. The highest BCUT2D eigenvalue weighted by molar-refractivity contribution is 8.26. The highest BCUT2D eigenvalue weighted by Crippen LogP contribution is 2.34. The quantitative estimate of drug-likeness (QED) is 0.488. The lowest BCUT2D eigenvalue weighted by Crippen LogP contribution is -2.44. The number of hydrazine groups is 1. The van der Waals surface area contributed by atoms with Crippen molar-refractivity contribution < 1.29 is 29.0 Å². The molecule has 1 aliphatic rings. The zero-order valence-electron chi connectivity index (χ0n) is 15.5. The van der Waals surface area contributed by atoms with Crippen LogP contribution in [0, 0.1) is 0 Å². The Morgan fingerprint density at radius 1 is 1.33 bits per heavy atom. The molecule has 1 aromatic carbocycles. The first-order valence-electron chi connectivity index (χ1n) is 8.40. The van der Waals surface area contributed by atoms with Gasteiger partial charge in [0.15, 0.2) is 22.4 Å². The molecule has 0 unspecified atom stereocenters. The Hall–Kier alpha value is -3.44. The average molecular weight is 445 g/mol. The second-order valence-corrected chi connectivity index (χ2v) is 7.47. The molecule has 0 spiro atoms. The summed E-state index contributed by atoms with van der Waals surface area (Å²) in [6.45, 7) is -0.509. The Balaban J connectivity index is 1.76. The Bertz CT molecular complexity index is 1040. The van der Waals surface area contributed by atoms with Gasteiger partial charge in [0.2, 0.25) is 0 Å². The smallest absolute Gasteiger partial charge is 0.341 e. The largest absolute Gasteiger partial charge is 0.493 e. The van der Waals surface area contributed by atoms with E-state index in [-0.39, 0.29) is 15.6 Å². The van der Waals surface area contributed by atoms with Crippen LogP contribution < -0.4 is 14.9 Å². The number of amides is 2. The van der Waals surface area contributed by atoms with E-state index >= 15 is 0 Å². The molecule has 1 aromatic heterocycles. The van der Waals surface area contributed by atoms with Crippen molar-refractivity contribution in [2.24, 2.45) is 0 Å². The van der Waals surface area contributed by atoms with Gasteiger partial charge < -0.3 is 14.6 Å². The lowest BCUT2D eigenvalue weighted by molar-refractivity contribution is -0.139. The van der Waals surface area contributed by atoms with Crippen LogP contribution in [0.3, 0.4) is 0 Å². The minimum absolute atomic E-state index is 0.178. The van der Waals surface area contributed by atoms with Gasteiger partial charge in [0.1, 0.15) is 0 Å². The number of aliphatic carboxylic acids is 1. The molecule has 0 aliphatic carbocycles. The van der Waals surface area contributed by atoms with Gasteiger partial charge in [-0.25, -0.2) is 4.79 Å². The number of carboxylic acids is 1. The van der Waals surface area contributed by atoms with Crippen molar-refractivity contribution in [2.75, 3.05) is 13.7 Å². The molecule has 154 valence electrons. The molecule has 3 rings (SSSR count). The molecule has 0 saturated carbocycles. The summed E-state index contributed by atoms with van der Waals surface area (Å²) >= 11 is 6.24. The Morgan fingerprint density at radius 3 is 2.80 bits per heavy atom. The molecule has 1 fully saturated rings. The van der Waals surface area contributed by atoms with Gasteiger partial charge in [0, 0.05) is 12.4 Å². The number of nitrogens with one attached hydrogen (secondary N) is 1. The minimum Gasteiger partial charge on any atom is -0.493 e. The summed E-state index contributed by atoms with van der Waals surface area (Å²) in [6.07, 6.45) is 4.49. The van der Waals surface area contributed by atoms with Crippen molar-refractivity contribution in [3.8, 4) is 11.5 Å². The first kappa shape index (κ1) is 21.3. The molecule has 1 saturated heterocycles. The van der Waals surface area contributed by atoms with Crippen molar-refractivity contribution in [1.29, 1.82) is 0 Å². The molecular formula is C19H15N3O6S2. The predicted octanol–water partition coefficient (Wildman–Crippen LogP) is 2.10. The number of methoxy groups -OCH3 is 1. The summed E-state index contributed by atoms with van der Waals surface area (Å²) in [6, 6.07) is 7.95. The van der Waals surface area contributed by atoms with Gasteiger partial charge in [0.25, 0.3) is 11.8 Å². The second-order valence-electron chi connectivity index (χ2n) is 5.79. The normalized spacial score (nSPS) is 14.7. The number of aromatic nitrogens is 1. The number of hydrogen-bond donors (Lipinski definition) is 2. The van der Waals surface area contributed by atoms with E-state index in [4.69, 9.17) is 26.8 Å². The van der Waals surface area contributed by atoms with Crippen LogP contribution in [-0.2, 0) is 9.59 Å². The van der Waals surface area contributed by atoms with E-state index in [0.717, 1.165) is 16.8 Å². The lowest BCUT2D eigenvalue weighted by atomic mass is 10.2. The Kier molecular flexibility index (Phi) is 6.65. The van der Waals surface area contributed by atoms with Gasteiger partial charge in [-0.05, 0) is 48.1 Å². The van der Waals surface area contributed by atoms with E-state index in [1.807, 2.05) is 0 Å². The van der Waals surface area contributed by atoms with Gasteiger partial charge in [-0.15, -0.1) is 0 Å². The van der Waals surface area contributed by atoms with Crippen LogP contribution in [-0.4, -0.2) is 50.9 Å². The Labute approximate surface area is 180 Å². The van der Waals surface area contributed by atoms with Crippen LogP contribution in [0.2, 0.25) is 0 Å². The number of carbonyl (C=O) groups is 3. The number of ether oxygens (including phenoxy) is 2. The number of rotatable bonds is 7. The number of thioether (sulfide) groups is 1. The van der Waals surface area contributed by atoms with Crippen LogP contribution in [0.25, 0.3) is 6.08 Å². The zero-order valence-corrected chi connectivity index (χ0v) is 17.2. The van der Waals surface area contributed by atoms with Gasteiger partial charge in [0.05, 0.1) is 17.6 Å². The van der Waals surface area contributed by atoms with Crippen molar-refractivity contribution in [3.05, 3.63) is 58.8 Å². The number of carbonyl (C=O) groups excluding carboxylic acids is 2. The highest BCUT2D eigenvalue weighted by Gasteiger charge is 2.33. The molecule has 30 heavy (non-hydrogen) atoms. The maximum absolute atomic E-state index is 12.7. The monoisotopic (exact) mass is 445 g/mol. The molecule has 2 aromatic rings. The van der Waals surface area contributed by atoms with Crippen molar-refractivity contribution in [3.63, 3.8) is 0 Å². The average Bonchev–Trinajstić information content (AvgIpc) is 3.00. The maximum Gasteiger partial charge on any atom is 0.341 e. The molecule has 0 bridgehead atoms. The summed E-state index contributed by atoms with van der Waals surface area (Å²) in [5, 5.41) is 9.73. The molecule has 1 aliphatic heterocycles. The molecule has 11 heteroatoms. The predicted molar refractivity (Wildman–Crippen MR) is 113 cm³/mol. The van der Waals surface area contributed by atoms with E-state index in [0.29, 0.717) is 16.2 Å². The molecular weight excluding hydrogens is 430 g/mol. The molecule has 2 amide bonds. The summed E-state index contributed by atoms with van der Waals surface area (Å²) in [7, 11) is 1.42. The van der Waals surface area contributed by atoms with E-state index in [1.54, 1.807) is 36.4 Å². The molecule has 0 radical (unpaired) electrons. The van der Waals surface area contributed by atoms with Crippen LogP contribution in [0.15, 0.2) is 47.6 Å². The minimum atomic E-state index is -1.11. The van der Waals surface area contributed by atoms with Gasteiger partial charge >= 0.3 is 5.97 Å². The van der Waals surface area contributed by atoms with Crippen molar-refractivity contribution >= 4 is 52.2 Å². The number of pyridine rings is 1. The Morgan fingerprint density at radius 2 is 2.13 bits per heavy atom. The number of nitrogens with zero attached hydrogens (tertiary/aromatic N) is 2. The summed E-state index contributed by atoms with van der Waals surface area (Å²) in [4.78, 5) is 39.8. The van der Waals surface area contributed by atoms with Crippen molar-refractivity contribution in [2.45, 2.75) is 0 Å². The lowest BCUT2D eigenvalue weighted by Gasteiger charge is -2.15. The fraction of sp³-hybridized carbons (Fsp3) is 0.105. The van der Waals surface area contributed by atoms with Gasteiger partial charge in [-0.3, -0.25) is 20.0 Å². The van der Waals surface area contributed by atoms with Crippen LogP contribution in [0.1, 0.15) is 15.9 Å². The SMILES string of the molecule is COc1cc(/C=C2/SC(=S)N(NC(=O)c3cccnc3)C2=O)ccc1OCC(=O)O. The van der Waals surface area contributed by atoms with Crippen LogP contribution in [0.5, 0.6) is 11.5 Å². The van der Waals surface area contributed by atoms with Crippen LogP contribution in [0.4, 0.5) is 0 Å². The van der Waals surface area contributed by atoms with E-state index < -0.39 is 24.4 Å². The molecule has 2 heterocycles. The first-order chi connectivity index (χ1) is 14.4. The fourth-order valence-electron chi connectivity index (χ4n) is 2.41. The highest BCUT2D eigenvalue weighted by atomic mass is 32.2. The van der Waals surface area contributed by atoms with Crippen LogP contribution >= 0.6 is 24.0 Å². The fourth-order valence-corrected chi connectivity index (χ4v) is 3.59. The van der Waals surface area contributed by atoms with E-state index in [2.05, 4.69) is 10.4 Å². The summed E-state index contributed by atoms with van der Waals surface area (Å²) in [5.74, 6) is -1.54. The number of carboxylic acid groups (broad SMARTS) is 1. The standard InChI is InChI=1S/C19H15N3O6S2/c1-27-14-7-11(4-5-13(14)28-10-16(23)24)8-15-18(26)22(19(29)30-15)21-17(25)12-3-2-6-20-9-12/h2-9H,10H2,1H3,(H,21,25)(H,23,24)/b15-8+. The third-order valence-corrected chi connectivity index (χ3v) is 5.07. The maximum atomic E-state index is 12.7. The third kappa shape index (κ3) is 4.93. The number of hydrogen-bond acceptors (Lipinski definition) is 8. The van der Waals surface area contributed by atoms with E-state index in [1.165, 1.54) is 19.5 Å². The number of benzene rings is 1. The number of thiocarbonyl (C=S) groups is 1. The third-order valence-electron chi connectivity index (χ3n) is 3.77. The van der Waals surface area contributed by atoms with Crippen molar-refractivity contribution in [1.82, 2.24) is 15.4 Å². The first-order valence-corrected chi connectivity index (χ1v) is 9.63. The molecule has 2 N–H and O–H groups in total. The second kappa shape index (κ2) is 9.37. The van der Waals surface area contributed by atoms with Gasteiger partial charge in [-0.1, -0.05) is 17.8 Å². The summed E-state index contributed by atoms with van der Waals surface area (Å²) in [5.41, 5.74) is 3.37. The van der Waals surface area contributed by atoms with E-state index in [9.17, 15) is 14.4 Å². The topological polar surface area (TPSA) is 118 Å². The van der Waals surface area contributed by atoms with Gasteiger partial charge in [-0.2, -0.15) is 5.01 Å². The summed E-state index contributed by atoms with van der Waals surface area (Å²) < 4.78 is 10.5. The zero-order chi connectivity index (χ0) is 21.7.